The van der Waals surface area contributed by atoms with Crippen molar-refractivity contribution in [3.63, 3.8) is 0 Å². The predicted octanol–water partition coefficient (Wildman–Crippen LogP) is 3.85. The Labute approximate surface area is 196 Å². The summed E-state index contributed by atoms with van der Waals surface area (Å²) < 4.78 is 4.89. The van der Waals surface area contributed by atoms with E-state index >= 15 is 0 Å². The lowest BCUT2D eigenvalue weighted by Gasteiger charge is -2.24. The van der Waals surface area contributed by atoms with E-state index in [1.165, 1.54) is 7.11 Å². The van der Waals surface area contributed by atoms with E-state index in [9.17, 15) is 9.59 Å². The van der Waals surface area contributed by atoms with Crippen LogP contribution in [0.2, 0.25) is 0 Å². The van der Waals surface area contributed by atoms with E-state index in [2.05, 4.69) is 22.9 Å². The van der Waals surface area contributed by atoms with Gasteiger partial charge in [-0.25, -0.2) is 4.79 Å². The van der Waals surface area contributed by atoms with Gasteiger partial charge in [-0.1, -0.05) is 69.3 Å². The summed E-state index contributed by atoms with van der Waals surface area (Å²) >= 11 is 5.52. The average molecular weight is 456 g/mol. The van der Waals surface area contributed by atoms with Gasteiger partial charge in [-0.05, 0) is 48.2 Å². The van der Waals surface area contributed by atoms with E-state index in [1.807, 2.05) is 68.4 Å². The molecule has 0 fully saturated rings. The van der Waals surface area contributed by atoms with E-state index in [0.29, 0.717) is 18.0 Å². The monoisotopic (exact) mass is 455 g/mol. The Hall–Kier alpha value is -2.93. The van der Waals surface area contributed by atoms with Crippen molar-refractivity contribution in [2.45, 2.75) is 52.1 Å². The van der Waals surface area contributed by atoms with Gasteiger partial charge in [0.15, 0.2) is 5.11 Å². The molecule has 1 amide bonds. The summed E-state index contributed by atoms with van der Waals surface area (Å²) in [6.07, 6.45) is 1.76. The summed E-state index contributed by atoms with van der Waals surface area (Å²) in [5, 5.41) is 9.53. The second-order valence-electron chi connectivity index (χ2n) is 8.07. The van der Waals surface area contributed by atoms with Crippen LogP contribution in [-0.4, -0.2) is 36.2 Å². The molecule has 2 aromatic carbocycles. The number of nitrogens with one attached hydrogen (secondary N) is 3. The first-order chi connectivity index (χ1) is 15.3. The molecule has 0 aliphatic carbocycles. The maximum Gasteiger partial charge on any atom is 0.328 e. The van der Waals surface area contributed by atoms with E-state index in [0.717, 1.165) is 23.2 Å². The van der Waals surface area contributed by atoms with Crippen molar-refractivity contribution >= 4 is 34.9 Å². The fourth-order valence-corrected chi connectivity index (χ4v) is 3.68. The van der Waals surface area contributed by atoms with Crippen LogP contribution in [-0.2, 0) is 27.2 Å². The van der Waals surface area contributed by atoms with Crippen LogP contribution in [0.1, 0.15) is 38.3 Å². The molecule has 0 spiro atoms. The predicted molar refractivity (Wildman–Crippen MR) is 133 cm³/mol. The molecule has 0 saturated carbocycles. The zero-order valence-corrected chi connectivity index (χ0v) is 20.0. The Morgan fingerprint density at radius 3 is 2.25 bits per heavy atom. The number of carbonyl (C=O) groups is 2. The Bertz CT molecular complexity index is 902. The number of benzene rings is 2. The van der Waals surface area contributed by atoms with Gasteiger partial charge in [0, 0.05) is 12.1 Å². The van der Waals surface area contributed by atoms with Crippen molar-refractivity contribution in [1.82, 2.24) is 10.6 Å². The maximum absolute atomic E-state index is 13.2. The topological polar surface area (TPSA) is 79.5 Å². The normalized spacial score (nSPS) is 12.5. The van der Waals surface area contributed by atoms with Crippen LogP contribution in [0, 0.1) is 5.92 Å². The summed E-state index contributed by atoms with van der Waals surface area (Å²) in [6.45, 7) is 6.06. The maximum atomic E-state index is 13.2. The Kier molecular flexibility index (Phi) is 10.1. The Morgan fingerprint density at radius 2 is 1.62 bits per heavy atom. The third-order valence-electron chi connectivity index (χ3n) is 5.06. The van der Waals surface area contributed by atoms with Crippen LogP contribution >= 0.6 is 12.2 Å². The summed E-state index contributed by atoms with van der Waals surface area (Å²) in [5.41, 5.74) is 3.01. The van der Waals surface area contributed by atoms with E-state index < -0.39 is 18.1 Å². The number of anilines is 1. The molecule has 2 atom stereocenters. The lowest BCUT2D eigenvalue weighted by molar-refractivity contribution is -0.145. The Morgan fingerprint density at radius 1 is 0.969 bits per heavy atom. The summed E-state index contributed by atoms with van der Waals surface area (Å²) in [4.78, 5) is 25.4. The molecule has 0 aliphatic heterocycles. The van der Waals surface area contributed by atoms with Crippen molar-refractivity contribution in [3.05, 3.63) is 65.7 Å². The van der Waals surface area contributed by atoms with Gasteiger partial charge in [-0.3, -0.25) is 4.79 Å². The number of amides is 1. The number of rotatable bonds is 10. The number of carbonyl (C=O) groups excluding carboxylic acids is 2. The van der Waals surface area contributed by atoms with Crippen molar-refractivity contribution < 1.29 is 14.3 Å². The van der Waals surface area contributed by atoms with Crippen molar-refractivity contribution in [3.8, 4) is 0 Å². The van der Waals surface area contributed by atoms with Crippen LogP contribution in [0.4, 0.5) is 5.69 Å². The molecule has 0 bridgehead atoms. The minimum absolute atomic E-state index is 0.216. The van der Waals surface area contributed by atoms with Gasteiger partial charge in [0.1, 0.15) is 12.1 Å². The quantitative estimate of drug-likeness (QED) is 0.373. The van der Waals surface area contributed by atoms with Gasteiger partial charge in [0.2, 0.25) is 5.91 Å². The molecule has 3 N–H and O–H groups in total. The molecule has 6 nitrogen and oxygen atoms in total. The minimum atomic E-state index is -0.713. The molecule has 2 rings (SSSR count). The number of hydrogen-bond donors (Lipinski definition) is 3. The lowest BCUT2D eigenvalue weighted by atomic mass is 10.0. The summed E-state index contributed by atoms with van der Waals surface area (Å²) in [6, 6.07) is 16.2. The smallest absolute Gasteiger partial charge is 0.328 e. The number of para-hydroxylation sites is 1. The molecule has 0 heterocycles. The Balaban J connectivity index is 2.18. The first-order valence-corrected chi connectivity index (χ1v) is 11.3. The van der Waals surface area contributed by atoms with Crippen LogP contribution in [0.25, 0.3) is 0 Å². The standard InChI is InChI=1S/C25H33N3O3S/c1-5-19-13-9-10-14-20(19)27-25(32)28-21(16-18-11-7-6-8-12-18)23(29)26-22(15-17(2)3)24(30)31-4/h6-14,17,21-22H,5,15-16H2,1-4H3,(H,26,29)(H2,27,28,32). The SMILES string of the molecule is CCc1ccccc1NC(=S)NC(Cc1ccccc1)C(=O)NC(CC(C)C)C(=O)OC. The summed E-state index contributed by atoms with van der Waals surface area (Å²) in [5.74, 6) is -0.547. The van der Waals surface area contributed by atoms with E-state index in [1.54, 1.807) is 0 Å². The average Bonchev–Trinajstić information content (AvgIpc) is 2.78. The van der Waals surface area contributed by atoms with Crippen LogP contribution in [0.3, 0.4) is 0 Å². The molecular formula is C25H33N3O3S. The fraction of sp³-hybridized carbons (Fsp3) is 0.400. The van der Waals surface area contributed by atoms with Crippen molar-refractivity contribution in [2.24, 2.45) is 5.92 Å². The van der Waals surface area contributed by atoms with E-state index in [-0.39, 0.29) is 11.8 Å². The number of methoxy groups -OCH3 is 1. The fourth-order valence-electron chi connectivity index (χ4n) is 3.43. The molecule has 0 aromatic heterocycles. The van der Waals surface area contributed by atoms with E-state index in [4.69, 9.17) is 17.0 Å². The number of esters is 1. The third-order valence-corrected chi connectivity index (χ3v) is 5.28. The van der Waals surface area contributed by atoms with Gasteiger partial charge >= 0.3 is 5.97 Å². The second kappa shape index (κ2) is 12.8. The van der Waals surface area contributed by atoms with Crippen LogP contribution in [0.5, 0.6) is 0 Å². The molecule has 2 aromatic rings. The largest absolute Gasteiger partial charge is 0.467 e. The first kappa shape index (κ1) is 25.3. The van der Waals surface area contributed by atoms with Gasteiger partial charge in [0.05, 0.1) is 7.11 Å². The number of aryl methyl sites for hydroxylation is 1. The van der Waals surface area contributed by atoms with Gasteiger partial charge in [-0.15, -0.1) is 0 Å². The first-order valence-electron chi connectivity index (χ1n) is 10.9. The highest BCUT2D eigenvalue weighted by molar-refractivity contribution is 7.80. The van der Waals surface area contributed by atoms with Crippen molar-refractivity contribution in [2.75, 3.05) is 12.4 Å². The molecule has 0 saturated heterocycles. The van der Waals surface area contributed by atoms with Crippen LogP contribution < -0.4 is 16.0 Å². The zero-order chi connectivity index (χ0) is 23.5. The highest BCUT2D eigenvalue weighted by Gasteiger charge is 2.27. The number of ether oxygens (including phenoxy) is 1. The molecule has 2 unspecified atom stereocenters. The molecule has 0 radical (unpaired) electrons. The lowest BCUT2D eigenvalue weighted by Crippen LogP contribution is -2.53. The van der Waals surface area contributed by atoms with Gasteiger partial charge < -0.3 is 20.7 Å². The second-order valence-corrected chi connectivity index (χ2v) is 8.47. The molecule has 0 aliphatic rings. The highest BCUT2D eigenvalue weighted by atomic mass is 32.1. The number of thiocarbonyl (C=S) groups is 1. The molecular weight excluding hydrogens is 422 g/mol. The molecule has 32 heavy (non-hydrogen) atoms. The van der Waals surface area contributed by atoms with Crippen molar-refractivity contribution in [1.29, 1.82) is 0 Å². The molecule has 172 valence electrons. The van der Waals surface area contributed by atoms with Crippen LogP contribution in [0.15, 0.2) is 54.6 Å². The minimum Gasteiger partial charge on any atom is -0.467 e. The highest BCUT2D eigenvalue weighted by Crippen LogP contribution is 2.15. The summed E-state index contributed by atoms with van der Waals surface area (Å²) in [7, 11) is 1.33. The third kappa shape index (κ3) is 7.96. The van der Waals surface area contributed by atoms with Gasteiger partial charge in [0.25, 0.3) is 0 Å². The number of hydrogen-bond acceptors (Lipinski definition) is 4. The molecule has 7 heteroatoms. The zero-order valence-electron chi connectivity index (χ0n) is 19.2. The van der Waals surface area contributed by atoms with Gasteiger partial charge in [-0.2, -0.15) is 0 Å².